The Morgan fingerprint density at radius 1 is 1.00 bits per heavy atom. The zero-order valence-electron chi connectivity index (χ0n) is 15.4. The molecule has 0 aromatic heterocycles. The summed E-state index contributed by atoms with van der Waals surface area (Å²) in [6.07, 6.45) is 2.39. The van der Waals surface area contributed by atoms with E-state index >= 15 is 0 Å². The molecular formula is C21H26N2S3. The summed E-state index contributed by atoms with van der Waals surface area (Å²) in [6, 6.07) is 19.5. The van der Waals surface area contributed by atoms with Crippen molar-refractivity contribution in [2.45, 2.75) is 34.4 Å². The number of nitrogens with zero attached hydrogens (tertiary/aromatic N) is 2. The van der Waals surface area contributed by atoms with Crippen molar-refractivity contribution < 1.29 is 0 Å². The molecule has 0 aliphatic carbocycles. The van der Waals surface area contributed by atoms with Crippen molar-refractivity contribution in [3.05, 3.63) is 60.2 Å². The van der Waals surface area contributed by atoms with E-state index < -0.39 is 0 Å². The molecule has 0 bridgehead atoms. The molecule has 0 radical (unpaired) electrons. The van der Waals surface area contributed by atoms with Gasteiger partial charge in [0, 0.05) is 34.7 Å². The standard InChI is InChI=1S/C21H26N2S3/c1-22(2)16-17-8-10-19(11-9-17)25-20-12-14-23(15-13-20)21(24)26-18-6-4-3-5-7-18/h3-11,20H,12-16H2,1-2H3. The SMILES string of the molecule is CN(C)Cc1ccc(SC2CCN(C(=S)Sc3ccccc3)CC2)cc1. The number of likely N-dealkylation sites (tertiary alicyclic amines) is 1. The predicted molar refractivity (Wildman–Crippen MR) is 119 cm³/mol. The van der Waals surface area contributed by atoms with Gasteiger partial charge >= 0.3 is 0 Å². The highest BCUT2D eigenvalue weighted by Crippen LogP contribution is 2.32. The number of hydrogen-bond acceptors (Lipinski definition) is 4. The van der Waals surface area contributed by atoms with Crippen molar-refractivity contribution in [2.75, 3.05) is 27.2 Å². The van der Waals surface area contributed by atoms with E-state index in [-0.39, 0.29) is 0 Å². The minimum absolute atomic E-state index is 0.690. The lowest BCUT2D eigenvalue weighted by Gasteiger charge is -2.33. The van der Waals surface area contributed by atoms with Gasteiger partial charge in [0.15, 0.2) is 0 Å². The molecule has 1 fully saturated rings. The van der Waals surface area contributed by atoms with Gasteiger partial charge in [-0.15, -0.1) is 11.8 Å². The highest BCUT2D eigenvalue weighted by atomic mass is 32.2. The molecule has 5 heteroatoms. The van der Waals surface area contributed by atoms with Crippen LogP contribution in [0.3, 0.4) is 0 Å². The third-order valence-electron chi connectivity index (χ3n) is 4.37. The van der Waals surface area contributed by atoms with E-state index in [1.165, 1.54) is 28.2 Å². The maximum absolute atomic E-state index is 5.65. The van der Waals surface area contributed by atoms with Gasteiger partial charge in [-0.25, -0.2) is 0 Å². The smallest absolute Gasteiger partial charge is 0.141 e. The van der Waals surface area contributed by atoms with Crippen LogP contribution in [0, 0.1) is 0 Å². The zero-order chi connectivity index (χ0) is 18.4. The second-order valence-electron chi connectivity index (χ2n) is 6.87. The lowest BCUT2D eigenvalue weighted by Crippen LogP contribution is -2.37. The van der Waals surface area contributed by atoms with Crippen LogP contribution in [0.5, 0.6) is 0 Å². The Morgan fingerprint density at radius 2 is 1.65 bits per heavy atom. The van der Waals surface area contributed by atoms with Gasteiger partial charge in [-0.1, -0.05) is 54.3 Å². The summed E-state index contributed by atoms with van der Waals surface area (Å²) >= 11 is 9.38. The fourth-order valence-electron chi connectivity index (χ4n) is 3.04. The molecule has 0 saturated carbocycles. The van der Waals surface area contributed by atoms with Gasteiger partial charge in [-0.05, 0) is 56.8 Å². The number of benzene rings is 2. The first-order chi connectivity index (χ1) is 12.6. The zero-order valence-corrected chi connectivity index (χ0v) is 17.9. The van der Waals surface area contributed by atoms with Crippen molar-refractivity contribution in [1.29, 1.82) is 0 Å². The molecule has 1 aliphatic heterocycles. The van der Waals surface area contributed by atoms with Gasteiger partial charge in [0.25, 0.3) is 0 Å². The van der Waals surface area contributed by atoms with E-state index in [1.54, 1.807) is 11.8 Å². The van der Waals surface area contributed by atoms with E-state index in [4.69, 9.17) is 12.2 Å². The Labute approximate surface area is 171 Å². The van der Waals surface area contributed by atoms with Gasteiger partial charge in [0.05, 0.1) is 0 Å². The molecule has 2 aromatic carbocycles. The average Bonchev–Trinajstić information content (AvgIpc) is 2.64. The van der Waals surface area contributed by atoms with Crippen LogP contribution in [0.4, 0.5) is 0 Å². The van der Waals surface area contributed by atoms with Crippen molar-refractivity contribution >= 4 is 40.1 Å². The highest BCUT2D eigenvalue weighted by Gasteiger charge is 2.22. The maximum Gasteiger partial charge on any atom is 0.141 e. The van der Waals surface area contributed by atoms with Crippen molar-refractivity contribution in [3.63, 3.8) is 0 Å². The fourth-order valence-corrected chi connectivity index (χ4v) is 5.44. The summed E-state index contributed by atoms with van der Waals surface area (Å²) in [7, 11) is 4.22. The van der Waals surface area contributed by atoms with Crippen LogP contribution in [-0.2, 0) is 6.54 Å². The quantitative estimate of drug-likeness (QED) is 0.488. The molecule has 1 aliphatic rings. The fraction of sp³-hybridized carbons (Fsp3) is 0.381. The summed E-state index contributed by atoms with van der Waals surface area (Å²) in [4.78, 5) is 7.18. The summed E-state index contributed by atoms with van der Waals surface area (Å²) in [5.74, 6) is 0. The van der Waals surface area contributed by atoms with Gasteiger partial charge in [-0.3, -0.25) is 0 Å². The monoisotopic (exact) mass is 402 g/mol. The second kappa shape index (κ2) is 9.79. The van der Waals surface area contributed by atoms with Crippen LogP contribution in [0.25, 0.3) is 0 Å². The van der Waals surface area contributed by atoms with Crippen LogP contribution >= 0.6 is 35.7 Å². The predicted octanol–water partition coefficient (Wildman–Crippen LogP) is 5.38. The minimum atomic E-state index is 0.690. The molecular weight excluding hydrogens is 376 g/mol. The molecule has 26 heavy (non-hydrogen) atoms. The number of rotatable bonds is 5. The average molecular weight is 403 g/mol. The Morgan fingerprint density at radius 3 is 2.27 bits per heavy atom. The third kappa shape index (κ3) is 6.02. The van der Waals surface area contributed by atoms with Gasteiger partial charge < -0.3 is 9.80 Å². The van der Waals surface area contributed by atoms with Gasteiger partial charge in [0.1, 0.15) is 4.32 Å². The molecule has 0 amide bonds. The first-order valence-corrected chi connectivity index (χ1v) is 11.1. The molecule has 1 saturated heterocycles. The minimum Gasteiger partial charge on any atom is -0.357 e. The largest absolute Gasteiger partial charge is 0.357 e. The maximum atomic E-state index is 5.65. The van der Waals surface area contributed by atoms with E-state index in [2.05, 4.69) is 72.4 Å². The first kappa shape index (κ1) is 19.7. The molecule has 3 rings (SSSR count). The summed E-state index contributed by atoms with van der Waals surface area (Å²) in [5, 5.41) is 0.690. The van der Waals surface area contributed by atoms with Crippen LogP contribution in [0.1, 0.15) is 18.4 Å². The normalized spacial score (nSPS) is 15.4. The Bertz CT molecular complexity index is 693. The number of thiocarbonyl (C=S) groups is 1. The second-order valence-corrected chi connectivity index (χ2v) is 9.95. The van der Waals surface area contributed by atoms with E-state index in [0.29, 0.717) is 5.25 Å². The molecule has 2 aromatic rings. The van der Waals surface area contributed by atoms with Crippen LogP contribution in [0.2, 0.25) is 0 Å². The van der Waals surface area contributed by atoms with E-state index in [1.807, 2.05) is 17.8 Å². The van der Waals surface area contributed by atoms with E-state index in [9.17, 15) is 0 Å². The van der Waals surface area contributed by atoms with Crippen LogP contribution in [-0.4, -0.2) is 46.6 Å². The number of piperidine rings is 1. The topological polar surface area (TPSA) is 6.48 Å². The van der Waals surface area contributed by atoms with Crippen molar-refractivity contribution in [2.24, 2.45) is 0 Å². The highest BCUT2D eigenvalue weighted by molar-refractivity contribution is 8.22. The lowest BCUT2D eigenvalue weighted by molar-refractivity contribution is 0.359. The van der Waals surface area contributed by atoms with E-state index in [0.717, 1.165) is 24.0 Å². The molecule has 0 atom stereocenters. The summed E-state index contributed by atoms with van der Waals surface area (Å²) < 4.78 is 1.01. The Hall–Kier alpha value is -1.01. The van der Waals surface area contributed by atoms with Crippen molar-refractivity contribution in [1.82, 2.24) is 9.80 Å². The molecule has 2 nitrogen and oxygen atoms in total. The summed E-state index contributed by atoms with van der Waals surface area (Å²) in [5.41, 5.74) is 1.37. The molecule has 0 unspecified atom stereocenters. The third-order valence-corrected chi connectivity index (χ3v) is 7.17. The molecule has 138 valence electrons. The lowest BCUT2D eigenvalue weighted by atomic mass is 10.1. The molecule has 0 spiro atoms. The molecule has 0 N–H and O–H groups in total. The molecule has 1 heterocycles. The number of thioether (sulfide) groups is 2. The number of hydrogen-bond donors (Lipinski definition) is 0. The van der Waals surface area contributed by atoms with Gasteiger partial charge in [-0.2, -0.15) is 0 Å². The van der Waals surface area contributed by atoms with Gasteiger partial charge in [0.2, 0.25) is 0 Å². The first-order valence-electron chi connectivity index (χ1n) is 9.02. The van der Waals surface area contributed by atoms with Crippen molar-refractivity contribution in [3.8, 4) is 0 Å². The van der Waals surface area contributed by atoms with Crippen LogP contribution < -0.4 is 0 Å². The van der Waals surface area contributed by atoms with Crippen LogP contribution in [0.15, 0.2) is 64.4 Å². The summed E-state index contributed by atoms with van der Waals surface area (Å²) in [6.45, 7) is 3.13. The Balaban J connectivity index is 1.45. The Kier molecular flexibility index (Phi) is 7.43.